The maximum absolute atomic E-state index is 9.19. The Hall–Kier alpha value is -0.590. The summed E-state index contributed by atoms with van der Waals surface area (Å²) >= 11 is 0. The van der Waals surface area contributed by atoms with Gasteiger partial charge in [0.15, 0.2) is 0 Å². The summed E-state index contributed by atoms with van der Waals surface area (Å²) in [6.07, 6.45) is 7.52. The molecule has 0 saturated heterocycles. The van der Waals surface area contributed by atoms with E-state index in [4.69, 9.17) is 5.73 Å². The Morgan fingerprint density at radius 3 is 2.40 bits per heavy atom. The van der Waals surface area contributed by atoms with Gasteiger partial charge in [-0.05, 0) is 38.6 Å². The fourth-order valence-corrected chi connectivity index (χ4v) is 2.74. The van der Waals surface area contributed by atoms with Crippen LogP contribution in [0.4, 0.5) is 0 Å². The lowest BCUT2D eigenvalue weighted by Gasteiger charge is -2.31. The summed E-state index contributed by atoms with van der Waals surface area (Å²) in [4.78, 5) is 2.31. The smallest absolute Gasteiger partial charge is 0.119 e. The number of nitriles is 1. The van der Waals surface area contributed by atoms with Crippen molar-refractivity contribution < 1.29 is 0 Å². The highest BCUT2D eigenvalue weighted by Gasteiger charge is 2.44. The molecule has 1 atom stereocenters. The number of hydrogen-bond donors (Lipinski definition) is 1. The predicted octanol–water partition coefficient (Wildman–Crippen LogP) is 1.49. The SMILES string of the molecule is CN(CC(N)(C#N)C1CC1)C1CCCC1. The summed E-state index contributed by atoms with van der Waals surface area (Å²) in [6, 6.07) is 3.00. The van der Waals surface area contributed by atoms with Crippen molar-refractivity contribution in [3.63, 3.8) is 0 Å². The van der Waals surface area contributed by atoms with E-state index in [0.29, 0.717) is 12.0 Å². The van der Waals surface area contributed by atoms with Gasteiger partial charge in [0.1, 0.15) is 5.54 Å². The van der Waals surface area contributed by atoms with Crippen LogP contribution in [0, 0.1) is 17.2 Å². The van der Waals surface area contributed by atoms with Gasteiger partial charge in [-0.1, -0.05) is 12.8 Å². The molecule has 2 saturated carbocycles. The first-order chi connectivity index (χ1) is 7.15. The Morgan fingerprint density at radius 2 is 1.93 bits per heavy atom. The van der Waals surface area contributed by atoms with E-state index < -0.39 is 5.54 Å². The van der Waals surface area contributed by atoms with Crippen molar-refractivity contribution in [3.05, 3.63) is 0 Å². The van der Waals surface area contributed by atoms with Gasteiger partial charge in [0, 0.05) is 12.6 Å². The molecule has 1 unspecified atom stereocenters. The minimum absolute atomic E-state index is 0.450. The molecule has 3 heteroatoms. The predicted molar refractivity (Wildman–Crippen MR) is 60.1 cm³/mol. The van der Waals surface area contributed by atoms with E-state index in [-0.39, 0.29) is 0 Å². The summed E-state index contributed by atoms with van der Waals surface area (Å²) in [5, 5.41) is 9.19. The fourth-order valence-electron chi connectivity index (χ4n) is 2.74. The van der Waals surface area contributed by atoms with Gasteiger partial charge < -0.3 is 10.6 Å². The van der Waals surface area contributed by atoms with Gasteiger partial charge in [-0.25, -0.2) is 0 Å². The summed E-state index contributed by atoms with van der Waals surface area (Å²) < 4.78 is 0. The van der Waals surface area contributed by atoms with Gasteiger partial charge >= 0.3 is 0 Å². The zero-order chi connectivity index (χ0) is 10.9. The second-order valence-corrected chi connectivity index (χ2v) is 5.28. The molecular weight excluding hydrogens is 186 g/mol. The molecule has 2 rings (SSSR count). The van der Waals surface area contributed by atoms with Gasteiger partial charge in [0.25, 0.3) is 0 Å². The molecular formula is C12H21N3. The zero-order valence-electron chi connectivity index (χ0n) is 9.58. The van der Waals surface area contributed by atoms with E-state index >= 15 is 0 Å². The van der Waals surface area contributed by atoms with Crippen molar-refractivity contribution in [2.45, 2.75) is 50.1 Å². The Labute approximate surface area is 92.2 Å². The van der Waals surface area contributed by atoms with Gasteiger partial charge in [-0.3, -0.25) is 0 Å². The summed E-state index contributed by atoms with van der Waals surface area (Å²) in [5.74, 6) is 0.450. The van der Waals surface area contributed by atoms with Crippen molar-refractivity contribution in [2.75, 3.05) is 13.6 Å². The molecule has 0 aromatic heterocycles. The van der Waals surface area contributed by atoms with Crippen LogP contribution in [0.15, 0.2) is 0 Å². The first kappa shape index (κ1) is 10.9. The van der Waals surface area contributed by atoms with E-state index in [1.165, 1.54) is 25.7 Å². The van der Waals surface area contributed by atoms with Crippen LogP contribution in [-0.4, -0.2) is 30.1 Å². The highest BCUT2D eigenvalue weighted by Crippen LogP contribution is 2.39. The standard InChI is InChI=1S/C12H21N3/c1-15(11-4-2-3-5-11)9-12(14,8-13)10-6-7-10/h10-11H,2-7,9,14H2,1H3. The molecule has 0 heterocycles. The van der Waals surface area contributed by atoms with Crippen molar-refractivity contribution in [1.82, 2.24) is 4.90 Å². The first-order valence-corrected chi connectivity index (χ1v) is 6.06. The number of rotatable bonds is 4. The molecule has 3 nitrogen and oxygen atoms in total. The van der Waals surface area contributed by atoms with Crippen LogP contribution < -0.4 is 5.73 Å². The summed E-state index contributed by atoms with van der Waals surface area (Å²) in [7, 11) is 2.12. The van der Waals surface area contributed by atoms with E-state index in [0.717, 1.165) is 19.4 Å². The molecule has 0 bridgehead atoms. The van der Waals surface area contributed by atoms with Crippen LogP contribution in [0.1, 0.15) is 38.5 Å². The van der Waals surface area contributed by atoms with Crippen LogP contribution in [0.3, 0.4) is 0 Å². The Kier molecular flexibility index (Phi) is 2.99. The van der Waals surface area contributed by atoms with E-state index in [9.17, 15) is 5.26 Å². The largest absolute Gasteiger partial charge is 0.312 e. The molecule has 84 valence electrons. The fraction of sp³-hybridized carbons (Fsp3) is 0.917. The second-order valence-electron chi connectivity index (χ2n) is 5.28. The molecule has 2 fully saturated rings. The normalized spacial score (nSPS) is 26.5. The number of hydrogen-bond acceptors (Lipinski definition) is 3. The van der Waals surface area contributed by atoms with E-state index in [1.807, 2.05) is 0 Å². The van der Waals surface area contributed by atoms with Crippen molar-refractivity contribution >= 4 is 0 Å². The molecule has 15 heavy (non-hydrogen) atoms. The molecule has 0 aliphatic heterocycles. The van der Waals surface area contributed by atoms with Crippen LogP contribution in [0.5, 0.6) is 0 Å². The molecule has 0 spiro atoms. The lowest BCUT2D eigenvalue weighted by Crippen LogP contribution is -2.52. The van der Waals surface area contributed by atoms with Crippen molar-refractivity contribution in [3.8, 4) is 6.07 Å². The van der Waals surface area contributed by atoms with Gasteiger partial charge in [-0.15, -0.1) is 0 Å². The average Bonchev–Trinajstić information content (AvgIpc) is 2.94. The van der Waals surface area contributed by atoms with E-state index in [2.05, 4.69) is 18.0 Å². The van der Waals surface area contributed by atoms with Crippen LogP contribution in [0.2, 0.25) is 0 Å². The Bertz CT molecular complexity index is 261. The number of nitrogens with zero attached hydrogens (tertiary/aromatic N) is 2. The molecule has 0 amide bonds. The third-order valence-corrected chi connectivity index (χ3v) is 3.97. The summed E-state index contributed by atoms with van der Waals surface area (Å²) in [6.45, 7) is 0.749. The van der Waals surface area contributed by atoms with Crippen molar-refractivity contribution in [1.29, 1.82) is 5.26 Å². The number of nitrogens with two attached hydrogens (primary N) is 1. The zero-order valence-corrected chi connectivity index (χ0v) is 9.58. The molecule has 2 N–H and O–H groups in total. The Balaban J connectivity index is 1.91. The van der Waals surface area contributed by atoms with Crippen molar-refractivity contribution in [2.24, 2.45) is 11.7 Å². The minimum Gasteiger partial charge on any atom is -0.312 e. The third-order valence-electron chi connectivity index (χ3n) is 3.97. The molecule has 0 aromatic carbocycles. The highest BCUT2D eigenvalue weighted by atomic mass is 15.2. The maximum atomic E-state index is 9.19. The monoisotopic (exact) mass is 207 g/mol. The highest BCUT2D eigenvalue weighted by molar-refractivity contribution is 5.14. The topological polar surface area (TPSA) is 53.0 Å². The van der Waals surface area contributed by atoms with Crippen LogP contribution in [-0.2, 0) is 0 Å². The first-order valence-electron chi connectivity index (χ1n) is 6.06. The maximum Gasteiger partial charge on any atom is 0.119 e. The lowest BCUT2D eigenvalue weighted by atomic mass is 9.95. The number of likely N-dealkylation sites (N-methyl/N-ethyl adjacent to an activating group) is 1. The van der Waals surface area contributed by atoms with Gasteiger partial charge in [0.2, 0.25) is 0 Å². The molecule has 2 aliphatic carbocycles. The molecule has 2 aliphatic rings. The lowest BCUT2D eigenvalue weighted by molar-refractivity contribution is 0.201. The molecule has 0 aromatic rings. The third kappa shape index (κ3) is 2.32. The molecule has 0 radical (unpaired) electrons. The quantitative estimate of drug-likeness (QED) is 0.760. The van der Waals surface area contributed by atoms with Crippen LogP contribution >= 0.6 is 0 Å². The van der Waals surface area contributed by atoms with Gasteiger partial charge in [-0.2, -0.15) is 5.26 Å². The minimum atomic E-state index is -0.586. The average molecular weight is 207 g/mol. The van der Waals surface area contributed by atoms with E-state index in [1.54, 1.807) is 0 Å². The summed E-state index contributed by atoms with van der Waals surface area (Å²) in [5.41, 5.74) is 5.58. The van der Waals surface area contributed by atoms with Crippen LogP contribution in [0.25, 0.3) is 0 Å². The second kappa shape index (κ2) is 4.11. The van der Waals surface area contributed by atoms with Gasteiger partial charge in [0.05, 0.1) is 6.07 Å². The Morgan fingerprint density at radius 1 is 1.33 bits per heavy atom.